The first kappa shape index (κ1) is 19.4. The number of hydrogen-bond acceptors (Lipinski definition) is 4. The zero-order valence-electron chi connectivity index (χ0n) is 17.4. The molecule has 0 aliphatic carbocycles. The van der Waals surface area contributed by atoms with E-state index in [0.29, 0.717) is 6.42 Å². The van der Waals surface area contributed by atoms with Crippen LogP contribution in [0.1, 0.15) is 16.7 Å². The number of anilines is 2. The molecule has 0 unspecified atom stereocenters. The lowest BCUT2D eigenvalue weighted by Gasteiger charge is -2.33. The van der Waals surface area contributed by atoms with Crippen LogP contribution >= 0.6 is 0 Å². The fourth-order valence-electron chi connectivity index (χ4n) is 3.86. The average molecular weight is 389 g/mol. The molecule has 2 heterocycles. The van der Waals surface area contributed by atoms with Gasteiger partial charge in [0.25, 0.3) is 0 Å². The van der Waals surface area contributed by atoms with Gasteiger partial charge in [0.15, 0.2) is 0 Å². The van der Waals surface area contributed by atoms with Gasteiger partial charge in [-0.2, -0.15) is 0 Å². The lowest BCUT2D eigenvalue weighted by atomic mass is 10.1. The summed E-state index contributed by atoms with van der Waals surface area (Å²) in [4.78, 5) is 22.0. The molecule has 0 spiro atoms. The van der Waals surface area contributed by atoms with E-state index in [1.165, 1.54) is 11.1 Å². The summed E-state index contributed by atoms with van der Waals surface area (Å²) in [5.41, 5.74) is 5.15. The van der Waals surface area contributed by atoms with Crippen molar-refractivity contribution in [2.75, 3.05) is 43.4 Å². The van der Waals surface area contributed by atoms with Crippen molar-refractivity contribution in [1.82, 2.24) is 9.88 Å². The Labute approximate surface area is 172 Å². The summed E-state index contributed by atoms with van der Waals surface area (Å²) < 4.78 is 0. The molecule has 4 rings (SSSR count). The number of nitrogens with one attached hydrogen (secondary N) is 1. The predicted molar refractivity (Wildman–Crippen MR) is 120 cm³/mol. The molecule has 1 aromatic heterocycles. The van der Waals surface area contributed by atoms with Crippen LogP contribution in [0.15, 0.2) is 48.5 Å². The number of hydrogen-bond donors (Lipinski definition) is 1. The van der Waals surface area contributed by atoms with Crippen molar-refractivity contribution in [1.29, 1.82) is 0 Å². The van der Waals surface area contributed by atoms with E-state index in [1.54, 1.807) is 0 Å². The molecule has 0 bridgehead atoms. The minimum Gasteiger partial charge on any atom is -0.354 e. The standard InChI is InChI=1S/C24H28N4O/c1-17-5-4-6-19(13-17)15-24(29)25-20-7-8-22-21(16-20)18(2)14-23(26-22)28-11-9-27(3)10-12-28/h4-8,13-14,16H,9-12,15H2,1-3H3,(H,25,29). The van der Waals surface area contributed by atoms with Crippen LogP contribution in [0.25, 0.3) is 10.9 Å². The maximum atomic E-state index is 12.5. The Morgan fingerprint density at radius 3 is 2.59 bits per heavy atom. The van der Waals surface area contributed by atoms with Crippen LogP contribution in [-0.4, -0.2) is 49.0 Å². The van der Waals surface area contributed by atoms with E-state index < -0.39 is 0 Å². The van der Waals surface area contributed by atoms with Gasteiger partial charge in [0.1, 0.15) is 5.82 Å². The molecule has 0 radical (unpaired) electrons. The van der Waals surface area contributed by atoms with E-state index in [9.17, 15) is 4.79 Å². The summed E-state index contributed by atoms with van der Waals surface area (Å²) in [6.45, 7) is 8.28. The molecule has 1 amide bonds. The van der Waals surface area contributed by atoms with Gasteiger partial charge in [0, 0.05) is 37.3 Å². The largest absolute Gasteiger partial charge is 0.354 e. The number of pyridine rings is 1. The van der Waals surface area contributed by atoms with E-state index in [0.717, 1.165) is 54.2 Å². The maximum Gasteiger partial charge on any atom is 0.228 e. The zero-order valence-corrected chi connectivity index (χ0v) is 17.4. The third-order valence-corrected chi connectivity index (χ3v) is 5.56. The van der Waals surface area contributed by atoms with E-state index in [4.69, 9.17) is 4.98 Å². The van der Waals surface area contributed by atoms with Crippen molar-refractivity contribution in [3.63, 3.8) is 0 Å². The Balaban J connectivity index is 1.51. The molecule has 3 aromatic rings. The van der Waals surface area contributed by atoms with Gasteiger partial charge in [-0.05, 0) is 56.3 Å². The second-order valence-corrected chi connectivity index (χ2v) is 8.03. The summed E-state index contributed by atoms with van der Waals surface area (Å²) in [6.07, 6.45) is 0.374. The topological polar surface area (TPSA) is 48.5 Å². The highest BCUT2D eigenvalue weighted by Gasteiger charge is 2.16. The van der Waals surface area contributed by atoms with Crippen LogP contribution in [0, 0.1) is 13.8 Å². The number of nitrogens with zero attached hydrogens (tertiary/aromatic N) is 3. The van der Waals surface area contributed by atoms with Crippen LogP contribution < -0.4 is 10.2 Å². The highest BCUT2D eigenvalue weighted by Crippen LogP contribution is 2.26. The molecule has 1 aliphatic heterocycles. The van der Waals surface area contributed by atoms with Crippen molar-refractivity contribution in [3.05, 3.63) is 65.2 Å². The number of aromatic nitrogens is 1. The van der Waals surface area contributed by atoms with Crippen molar-refractivity contribution >= 4 is 28.3 Å². The van der Waals surface area contributed by atoms with Gasteiger partial charge in [0.05, 0.1) is 11.9 Å². The third-order valence-electron chi connectivity index (χ3n) is 5.56. The van der Waals surface area contributed by atoms with E-state index in [2.05, 4.69) is 35.2 Å². The molecule has 1 N–H and O–H groups in total. The monoisotopic (exact) mass is 388 g/mol. The molecule has 1 aliphatic rings. The Hall–Kier alpha value is -2.92. The normalized spacial score (nSPS) is 14.9. The van der Waals surface area contributed by atoms with Crippen molar-refractivity contribution in [2.24, 2.45) is 0 Å². The number of piperazine rings is 1. The van der Waals surface area contributed by atoms with E-state index in [-0.39, 0.29) is 5.91 Å². The van der Waals surface area contributed by atoms with Gasteiger partial charge in [0.2, 0.25) is 5.91 Å². The number of carbonyl (C=O) groups excluding carboxylic acids is 1. The quantitative estimate of drug-likeness (QED) is 0.739. The zero-order chi connectivity index (χ0) is 20.4. The first-order valence-corrected chi connectivity index (χ1v) is 10.2. The van der Waals surface area contributed by atoms with Gasteiger partial charge in [-0.3, -0.25) is 4.79 Å². The summed E-state index contributed by atoms with van der Waals surface area (Å²) in [6, 6.07) is 16.2. The predicted octanol–water partition coefficient (Wildman–Crippen LogP) is 3.78. The van der Waals surface area contributed by atoms with Crippen LogP contribution in [-0.2, 0) is 11.2 Å². The van der Waals surface area contributed by atoms with Crippen LogP contribution in [0.3, 0.4) is 0 Å². The second-order valence-electron chi connectivity index (χ2n) is 8.03. The highest BCUT2D eigenvalue weighted by molar-refractivity contribution is 5.95. The van der Waals surface area contributed by atoms with Crippen LogP contribution in [0.4, 0.5) is 11.5 Å². The summed E-state index contributed by atoms with van der Waals surface area (Å²) in [5.74, 6) is 1.04. The lowest BCUT2D eigenvalue weighted by molar-refractivity contribution is -0.115. The number of likely N-dealkylation sites (N-methyl/N-ethyl adjacent to an activating group) is 1. The van der Waals surface area contributed by atoms with Gasteiger partial charge in [-0.15, -0.1) is 0 Å². The molecule has 0 atom stereocenters. The second kappa shape index (κ2) is 8.21. The average Bonchev–Trinajstić information content (AvgIpc) is 2.69. The number of carbonyl (C=O) groups is 1. The first-order chi connectivity index (χ1) is 14.0. The SMILES string of the molecule is Cc1cccc(CC(=O)Nc2ccc3nc(N4CCN(C)CC4)cc(C)c3c2)c1. The Morgan fingerprint density at radius 2 is 1.83 bits per heavy atom. The third kappa shape index (κ3) is 4.57. The number of benzene rings is 2. The van der Waals surface area contributed by atoms with Gasteiger partial charge < -0.3 is 15.1 Å². The summed E-state index contributed by atoms with van der Waals surface area (Å²) in [7, 11) is 2.16. The fourth-order valence-corrected chi connectivity index (χ4v) is 3.86. The number of amides is 1. The molecule has 2 aromatic carbocycles. The molecule has 29 heavy (non-hydrogen) atoms. The molecule has 5 nitrogen and oxygen atoms in total. The summed E-state index contributed by atoms with van der Waals surface area (Å²) >= 11 is 0. The molecule has 1 saturated heterocycles. The van der Waals surface area contributed by atoms with Gasteiger partial charge in [-0.25, -0.2) is 4.98 Å². The number of fused-ring (bicyclic) bond motifs is 1. The maximum absolute atomic E-state index is 12.5. The van der Waals surface area contributed by atoms with Crippen molar-refractivity contribution < 1.29 is 4.79 Å². The smallest absolute Gasteiger partial charge is 0.228 e. The summed E-state index contributed by atoms with van der Waals surface area (Å²) in [5, 5.41) is 4.11. The molecular formula is C24H28N4O. The number of rotatable bonds is 4. The van der Waals surface area contributed by atoms with Crippen molar-refractivity contribution in [2.45, 2.75) is 20.3 Å². The Kier molecular flexibility index (Phi) is 5.49. The fraction of sp³-hybridized carbons (Fsp3) is 0.333. The lowest BCUT2D eigenvalue weighted by Crippen LogP contribution is -2.44. The van der Waals surface area contributed by atoms with Gasteiger partial charge >= 0.3 is 0 Å². The molecule has 0 saturated carbocycles. The minimum absolute atomic E-state index is 0.00498. The Bertz CT molecular complexity index is 1040. The highest BCUT2D eigenvalue weighted by atomic mass is 16.1. The van der Waals surface area contributed by atoms with Gasteiger partial charge in [-0.1, -0.05) is 29.8 Å². The minimum atomic E-state index is -0.00498. The molecule has 1 fully saturated rings. The van der Waals surface area contributed by atoms with Crippen molar-refractivity contribution in [3.8, 4) is 0 Å². The molecular weight excluding hydrogens is 360 g/mol. The van der Waals surface area contributed by atoms with Crippen LogP contribution in [0.5, 0.6) is 0 Å². The Morgan fingerprint density at radius 1 is 1.03 bits per heavy atom. The van der Waals surface area contributed by atoms with E-state index >= 15 is 0 Å². The number of aryl methyl sites for hydroxylation is 2. The molecule has 150 valence electrons. The van der Waals surface area contributed by atoms with Crippen LogP contribution in [0.2, 0.25) is 0 Å². The molecule has 5 heteroatoms. The first-order valence-electron chi connectivity index (χ1n) is 10.2. The van der Waals surface area contributed by atoms with E-state index in [1.807, 2.05) is 49.4 Å².